The average Bonchev–Trinajstić information content (AvgIpc) is 2.35. The molecule has 7 nitrogen and oxygen atoms in total. The molecule has 0 spiro atoms. The number of esters is 1. The molecule has 1 aromatic carbocycles. The van der Waals surface area contributed by atoms with Crippen LogP contribution in [0.4, 0.5) is 0 Å². The van der Waals surface area contributed by atoms with Crippen LogP contribution in [0.3, 0.4) is 0 Å². The van der Waals surface area contributed by atoms with E-state index in [-0.39, 0.29) is 14.9 Å². The Morgan fingerprint density at radius 1 is 1.42 bits per heavy atom. The van der Waals surface area contributed by atoms with Gasteiger partial charge in [-0.15, -0.1) is 0 Å². The van der Waals surface area contributed by atoms with Crippen LogP contribution in [-0.2, 0) is 19.6 Å². The first-order valence-electron chi connectivity index (χ1n) is 4.87. The molecule has 19 heavy (non-hydrogen) atoms. The molecule has 0 saturated heterocycles. The zero-order valence-corrected chi connectivity index (χ0v) is 12.1. The van der Waals surface area contributed by atoms with Gasteiger partial charge in [-0.25, -0.2) is 13.2 Å². The normalized spacial score (nSPS) is 11.1. The fourth-order valence-corrected chi connectivity index (χ4v) is 2.56. The molecular weight excluding hydrogens is 342 g/mol. The topological polar surface area (TPSA) is 110 Å². The summed E-state index contributed by atoms with van der Waals surface area (Å²) >= 11 is 3.00. The molecule has 0 fully saturated rings. The molecule has 0 aliphatic heterocycles. The Morgan fingerprint density at radius 3 is 2.58 bits per heavy atom. The third-order valence-electron chi connectivity index (χ3n) is 2.11. The number of hydrogen-bond donors (Lipinski definition) is 2. The lowest BCUT2D eigenvalue weighted by Crippen LogP contribution is -2.30. The van der Waals surface area contributed by atoms with Crippen LogP contribution in [0, 0.1) is 0 Å². The summed E-state index contributed by atoms with van der Waals surface area (Å²) in [7, 11) is -2.85. The van der Waals surface area contributed by atoms with Crippen molar-refractivity contribution in [2.45, 2.75) is 4.90 Å². The van der Waals surface area contributed by atoms with Gasteiger partial charge in [0.15, 0.2) is 0 Å². The van der Waals surface area contributed by atoms with E-state index < -0.39 is 28.5 Å². The summed E-state index contributed by atoms with van der Waals surface area (Å²) in [5, 5.41) is 8.89. The van der Waals surface area contributed by atoms with E-state index >= 15 is 0 Å². The van der Waals surface area contributed by atoms with E-state index in [1.165, 1.54) is 12.1 Å². The lowest BCUT2D eigenvalue weighted by Gasteiger charge is -2.07. The van der Waals surface area contributed by atoms with E-state index in [1.807, 2.05) is 4.72 Å². The number of nitrogens with one attached hydrogen (secondary N) is 1. The van der Waals surface area contributed by atoms with Crippen molar-refractivity contribution in [3.05, 3.63) is 28.2 Å². The minimum absolute atomic E-state index is 0.194. The van der Waals surface area contributed by atoms with Gasteiger partial charge in [0.2, 0.25) is 10.0 Å². The minimum Gasteiger partial charge on any atom is -0.478 e. The van der Waals surface area contributed by atoms with Crippen molar-refractivity contribution in [3.8, 4) is 0 Å². The van der Waals surface area contributed by atoms with Gasteiger partial charge in [-0.1, -0.05) is 0 Å². The number of halogens is 1. The van der Waals surface area contributed by atoms with E-state index in [1.54, 1.807) is 0 Å². The third-order valence-corrected chi connectivity index (χ3v) is 4.20. The van der Waals surface area contributed by atoms with Gasteiger partial charge in [0.1, 0.15) is 6.54 Å². The summed E-state index contributed by atoms with van der Waals surface area (Å²) in [6, 6.07) is 3.51. The highest BCUT2D eigenvalue weighted by molar-refractivity contribution is 9.10. The number of ether oxygens (including phenoxy) is 1. The molecule has 2 N–H and O–H groups in total. The molecule has 0 heterocycles. The van der Waals surface area contributed by atoms with Gasteiger partial charge in [-0.2, -0.15) is 4.72 Å². The van der Waals surface area contributed by atoms with Gasteiger partial charge in [0, 0.05) is 4.47 Å². The van der Waals surface area contributed by atoms with E-state index in [0.717, 1.165) is 13.2 Å². The Balaban J connectivity index is 3.05. The van der Waals surface area contributed by atoms with Crippen molar-refractivity contribution in [2.75, 3.05) is 13.7 Å². The van der Waals surface area contributed by atoms with Crippen molar-refractivity contribution in [2.24, 2.45) is 0 Å². The smallest absolute Gasteiger partial charge is 0.336 e. The van der Waals surface area contributed by atoms with Crippen LogP contribution >= 0.6 is 15.9 Å². The number of methoxy groups -OCH3 is 1. The summed E-state index contributed by atoms with van der Waals surface area (Å²) in [6.45, 7) is -0.530. The second kappa shape index (κ2) is 6.13. The van der Waals surface area contributed by atoms with Gasteiger partial charge in [0.05, 0.1) is 17.6 Å². The molecule has 104 valence electrons. The van der Waals surface area contributed by atoms with Crippen LogP contribution in [0.1, 0.15) is 10.4 Å². The Labute approximate surface area is 117 Å². The maximum Gasteiger partial charge on any atom is 0.336 e. The number of rotatable bonds is 5. The standard InChI is InChI=1S/C10H10BrNO6S/c1-18-9(13)5-12-19(16,17)6-2-3-8(11)7(4-6)10(14)15/h2-4,12H,5H2,1H3,(H,14,15). The van der Waals surface area contributed by atoms with Crippen molar-refractivity contribution in [1.82, 2.24) is 4.72 Å². The van der Waals surface area contributed by atoms with E-state index in [2.05, 4.69) is 20.7 Å². The SMILES string of the molecule is COC(=O)CNS(=O)(=O)c1ccc(Br)c(C(=O)O)c1. The average molecular weight is 352 g/mol. The summed E-state index contributed by atoms with van der Waals surface area (Å²) in [4.78, 5) is 21.5. The molecule has 0 saturated carbocycles. The highest BCUT2D eigenvalue weighted by atomic mass is 79.9. The molecule has 0 unspecified atom stereocenters. The summed E-state index contributed by atoms with van der Waals surface area (Å²) in [6.07, 6.45) is 0. The van der Waals surface area contributed by atoms with Crippen LogP contribution in [0.2, 0.25) is 0 Å². The molecule has 0 amide bonds. The number of carbonyl (C=O) groups excluding carboxylic acids is 1. The van der Waals surface area contributed by atoms with Crippen LogP contribution in [0.25, 0.3) is 0 Å². The fourth-order valence-electron chi connectivity index (χ4n) is 1.14. The maximum absolute atomic E-state index is 11.8. The van der Waals surface area contributed by atoms with Crippen LogP contribution < -0.4 is 4.72 Å². The predicted octanol–water partition coefficient (Wildman–Crippen LogP) is 0.599. The third kappa shape index (κ3) is 4.01. The molecule has 1 aromatic rings. The molecular formula is C10H10BrNO6S. The molecule has 0 radical (unpaired) electrons. The molecule has 0 aliphatic carbocycles. The number of sulfonamides is 1. The summed E-state index contributed by atoms with van der Waals surface area (Å²) in [5.41, 5.74) is -0.194. The first-order valence-corrected chi connectivity index (χ1v) is 7.15. The first kappa shape index (κ1) is 15.6. The Hall–Kier alpha value is -1.45. The number of carboxylic acid groups (broad SMARTS) is 1. The van der Waals surface area contributed by atoms with E-state index in [0.29, 0.717) is 0 Å². The zero-order valence-electron chi connectivity index (χ0n) is 9.71. The lowest BCUT2D eigenvalue weighted by atomic mass is 10.2. The van der Waals surface area contributed by atoms with E-state index in [9.17, 15) is 18.0 Å². The van der Waals surface area contributed by atoms with Crippen LogP contribution in [0.15, 0.2) is 27.6 Å². The van der Waals surface area contributed by atoms with Gasteiger partial charge in [-0.3, -0.25) is 4.79 Å². The van der Waals surface area contributed by atoms with E-state index in [4.69, 9.17) is 5.11 Å². The fraction of sp³-hybridized carbons (Fsp3) is 0.200. The van der Waals surface area contributed by atoms with Crippen molar-refractivity contribution in [1.29, 1.82) is 0 Å². The number of aromatic carboxylic acids is 1. The van der Waals surface area contributed by atoms with Crippen molar-refractivity contribution < 1.29 is 27.9 Å². The molecule has 0 atom stereocenters. The number of hydrogen-bond acceptors (Lipinski definition) is 5. The van der Waals surface area contributed by atoms with Gasteiger partial charge < -0.3 is 9.84 Å². The van der Waals surface area contributed by atoms with Gasteiger partial charge in [-0.05, 0) is 34.1 Å². The second-order valence-corrected chi connectivity index (χ2v) is 5.97. The highest BCUT2D eigenvalue weighted by Crippen LogP contribution is 2.20. The lowest BCUT2D eigenvalue weighted by molar-refractivity contribution is -0.139. The monoisotopic (exact) mass is 351 g/mol. The molecule has 0 bridgehead atoms. The predicted molar refractivity (Wildman–Crippen MR) is 68.3 cm³/mol. The van der Waals surface area contributed by atoms with Gasteiger partial charge in [0.25, 0.3) is 0 Å². The second-order valence-electron chi connectivity index (χ2n) is 3.35. The van der Waals surface area contributed by atoms with Crippen LogP contribution in [-0.4, -0.2) is 39.1 Å². The minimum atomic E-state index is -3.97. The molecule has 0 aromatic heterocycles. The largest absolute Gasteiger partial charge is 0.478 e. The van der Waals surface area contributed by atoms with Crippen molar-refractivity contribution >= 4 is 37.9 Å². The number of carbonyl (C=O) groups is 2. The summed E-state index contributed by atoms with van der Waals surface area (Å²) < 4.78 is 30.2. The summed E-state index contributed by atoms with van der Waals surface area (Å²) in [5.74, 6) is -2.02. The molecule has 0 aliphatic rings. The van der Waals surface area contributed by atoms with Gasteiger partial charge >= 0.3 is 11.9 Å². The quantitative estimate of drug-likeness (QED) is 0.751. The molecule has 9 heteroatoms. The Bertz CT molecular complexity index is 612. The molecule has 1 rings (SSSR count). The Kier molecular flexibility index (Phi) is 5.04. The number of carboxylic acids is 1. The first-order chi connectivity index (χ1) is 8.77. The maximum atomic E-state index is 11.8. The zero-order chi connectivity index (χ0) is 14.6. The number of benzene rings is 1. The van der Waals surface area contributed by atoms with Crippen molar-refractivity contribution in [3.63, 3.8) is 0 Å². The van der Waals surface area contributed by atoms with Crippen LogP contribution in [0.5, 0.6) is 0 Å². The highest BCUT2D eigenvalue weighted by Gasteiger charge is 2.19. The Morgan fingerprint density at radius 2 is 2.05 bits per heavy atom.